The molecular formula is C13H17ClN2. The number of benzene rings is 1. The number of hydrogen-bond acceptors (Lipinski definition) is 2. The number of nitrogens with one attached hydrogen (secondary N) is 2. The fraction of sp³-hybridized carbons (Fsp3) is 0.538. The second-order valence-electron chi connectivity index (χ2n) is 4.86. The molecule has 0 bridgehead atoms. The fourth-order valence-corrected chi connectivity index (χ4v) is 2.44. The summed E-state index contributed by atoms with van der Waals surface area (Å²) < 4.78 is 0. The molecule has 1 fully saturated rings. The van der Waals surface area contributed by atoms with Crippen LogP contribution in [0.1, 0.15) is 24.8 Å². The maximum atomic E-state index is 6.01. The second-order valence-corrected chi connectivity index (χ2v) is 5.30. The van der Waals surface area contributed by atoms with E-state index in [1.165, 1.54) is 30.5 Å². The Bertz CT molecular complexity index is 388. The number of rotatable bonds is 3. The van der Waals surface area contributed by atoms with Crippen LogP contribution < -0.4 is 10.6 Å². The number of fused-ring (bicyclic) bond motifs is 1. The summed E-state index contributed by atoms with van der Waals surface area (Å²) in [5.41, 5.74) is 2.62. The first kappa shape index (κ1) is 10.4. The first-order valence-corrected chi connectivity index (χ1v) is 6.47. The smallest absolute Gasteiger partial charge is 0.0426 e. The maximum Gasteiger partial charge on any atom is 0.0426 e. The minimum absolute atomic E-state index is 0.562. The summed E-state index contributed by atoms with van der Waals surface area (Å²) in [6, 6.07) is 7.51. The number of anilines is 1. The minimum Gasteiger partial charge on any atom is -0.381 e. The Morgan fingerprint density at radius 3 is 3.00 bits per heavy atom. The van der Waals surface area contributed by atoms with E-state index in [1.807, 2.05) is 12.1 Å². The van der Waals surface area contributed by atoms with E-state index < -0.39 is 0 Å². The van der Waals surface area contributed by atoms with Crippen LogP contribution in [0, 0.1) is 0 Å². The third-order valence-corrected chi connectivity index (χ3v) is 3.66. The van der Waals surface area contributed by atoms with Gasteiger partial charge in [-0.05, 0) is 43.4 Å². The van der Waals surface area contributed by atoms with Crippen molar-refractivity contribution in [2.45, 2.75) is 37.8 Å². The normalized spacial score (nSPS) is 23.7. The van der Waals surface area contributed by atoms with Crippen LogP contribution in [0.5, 0.6) is 0 Å². The van der Waals surface area contributed by atoms with Gasteiger partial charge in [-0.1, -0.05) is 17.7 Å². The molecule has 1 heterocycles. The van der Waals surface area contributed by atoms with Crippen molar-refractivity contribution in [1.29, 1.82) is 0 Å². The standard InChI is InChI=1S/C13H17ClN2/c14-10-3-1-9-2-4-12(16-13(9)7-10)8-15-11-5-6-11/h1,3,7,11-12,15-16H,2,4-6,8H2. The van der Waals surface area contributed by atoms with E-state index in [0.717, 1.165) is 24.0 Å². The molecule has 0 aromatic heterocycles. The molecule has 16 heavy (non-hydrogen) atoms. The van der Waals surface area contributed by atoms with E-state index >= 15 is 0 Å². The quantitative estimate of drug-likeness (QED) is 0.844. The van der Waals surface area contributed by atoms with Crippen LogP contribution in [0.3, 0.4) is 0 Å². The van der Waals surface area contributed by atoms with Gasteiger partial charge >= 0.3 is 0 Å². The summed E-state index contributed by atoms with van der Waals surface area (Å²) in [4.78, 5) is 0. The SMILES string of the molecule is Clc1ccc2c(c1)NC(CNC1CC1)CC2. The van der Waals surface area contributed by atoms with Gasteiger partial charge in [0.2, 0.25) is 0 Å². The average Bonchev–Trinajstić information content (AvgIpc) is 3.09. The Hall–Kier alpha value is -0.730. The third kappa shape index (κ3) is 2.33. The molecule has 1 aromatic rings. The van der Waals surface area contributed by atoms with Crippen molar-refractivity contribution >= 4 is 17.3 Å². The van der Waals surface area contributed by atoms with Crippen molar-refractivity contribution in [3.63, 3.8) is 0 Å². The van der Waals surface area contributed by atoms with Gasteiger partial charge in [0, 0.05) is 29.3 Å². The van der Waals surface area contributed by atoms with Crippen molar-refractivity contribution in [3.8, 4) is 0 Å². The highest BCUT2D eigenvalue weighted by atomic mass is 35.5. The van der Waals surface area contributed by atoms with Gasteiger partial charge in [-0.3, -0.25) is 0 Å². The van der Waals surface area contributed by atoms with Crippen LogP contribution in [0.4, 0.5) is 5.69 Å². The van der Waals surface area contributed by atoms with Gasteiger partial charge in [-0.2, -0.15) is 0 Å². The van der Waals surface area contributed by atoms with E-state index in [1.54, 1.807) is 0 Å². The lowest BCUT2D eigenvalue weighted by molar-refractivity contribution is 0.557. The first-order chi connectivity index (χ1) is 7.81. The highest BCUT2D eigenvalue weighted by Crippen LogP contribution is 2.28. The molecule has 2 N–H and O–H groups in total. The molecule has 1 saturated carbocycles. The highest BCUT2D eigenvalue weighted by molar-refractivity contribution is 6.30. The molecule has 0 saturated heterocycles. The molecule has 86 valence electrons. The monoisotopic (exact) mass is 236 g/mol. The molecule has 2 aliphatic rings. The molecule has 1 unspecified atom stereocenters. The summed E-state index contributed by atoms with van der Waals surface area (Å²) >= 11 is 6.01. The Morgan fingerprint density at radius 1 is 1.31 bits per heavy atom. The minimum atomic E-state index is 0.562. The molecule has 0 spiro atoms. The van der Waals surface area contributed by atoms with Crippen molar-refractivity contribution in [2.24, 2.45) is 0 Å². The van der Waals surface area contributed by atoms with Gasteiger partial charge in [-0.15, -0.1) is 0 Å². The molecule has 3 heteroatoms. The fourth-order valence-electron chi connectivity index (χ4n) is 2.27. The largest absolute Gasteiger partial charge is 0.381 e. The van der Waals surface area contributed by atoms with Crippen molar-refractivity contribution in [2.75, 3.05) is 11.9 Å². The number of aryl methyl sites for hydroxylation is 1. The molecule has 1 aliphatic heterocycles. The Kier molecular flexibility index (Phi) is 2.78. The van der Waals surface area contributed by atoms with E-state index in [0.29, 0.717) is 6.04 Å². The predicted octanol–water partition coefficient (Wildman–Crippen LogP) is 2.82. The van der Waals surface area contributed by atoms with Crippen LogP contribution >= 0.6 is 11.6 Å². The van der Waals surface area contributed by atoms with Gasteiger partial charge < -0.3 is 10.6 Å². The molecular weight excluding hydrogens is 220 g/mol. The van der Waals surface area contributed by atoms with Crippen LogP contribution in [0.25, 0.3) is 0 Å². The average molecular weight is 237 g/mol. The van der Waals surface area contributed by atoms with Crippen molar-refractivity contribution in [3.05, 3.63) is 28.8 Å². The van der Waals surface area contributed by atoms with E-state index in [9.17, 15) is 0 Å². The predicted molar refractivity (Wildman–Crippen MR) is 68.2 cm³/mol. The van der Waals surface area contributed by atoms with Gasteiger partial charge in [0.05, 0.1) is 0 Å². The summed E-state index contributed by atoms with van der Waals surface area (Å²) in [7, 11) is 0. The van der Waals surface area contributed by atoms with Gasteiger partial charge in [0.1, 0.15) is 0 Å². The second kappa shape index (κ2) is 4.27. The lowest BCUT2D eigenvalue weighted by Gasteiger charge is -2.27. The lowest BCUT2D eigenvalue weighted by atomic mass is 9.98. The lowest BCUT2D eigenvalue weighted by Crippen LogP contribution is -2.36. The highest BCUT2D eigenvalue weighted by Gasteiger charge is 2.23. The maximum absolute atomic E-state index is 6.01. The summed E-state index contributed by atoms with van der Waals surface area (Å²) in [5.74, 6) is 0. The van der Waals surface area contributed by atoms with Crippen LogP contribution in [0.2, 0.25) is 5.02 Å². The van der Waals surface area contributed by atoms with Gasteiger partial charge in [-0.25, -0.2) is 0 Å². The van der Waals surface area contributed by atoms with Crippen molar-refractivity contribution in [1.82, 2.24) is 5.32 Å². The zero-order valence-corrected chi connectivity index (χ0v) is 10.1. The van der Waals surface area contributed by atoms with Crippen LogP contribution in [-0.4, -0.2) is 18.6 Å². The van der Waals surface area contributed by atoms with Crippen LogP contribution in [-0.2, 0) is 6.42 Å². The number of halogens is 1. The first-order valence-electron chi connectivity index (χ1n) is 6.09. The summed E-state index contributed by atoms with van der Waals surface area (Å²) in [6.07, 6.45) is 5.09. The Balaban J connectivity index is 1.64. The van der Waals surface area contributed by atoms with Gasteiger partial charge in [0.25, 0.3) is 0 Å². The molecule has 3 rings (SSSR count). The Morgan fingerprint density at radius 2 is 2.19 bits per heavy atom. The van der Waals surface area contributed by atoms with Crippen LogP contribution in [0.15, 0.2) is 18.2 Å². The zero-order valence-electron chi connectivity index (χ0n) is 9.30. The van der Waals surface area contributed by atoms with Gasteiger partial charge in [0.15, 0.2) is 0 Å². The summed E-state index contributed by atoms with van der Waals surface area (Å²) in [6.45, 7) is 1.08. The number of hydrogen-bond donors (Lipinski definition) is 2. The molecule has 2 nitrogen and oxygen atoms in total. The van der Waals surface area contributed by atoms with E-state index in [-0.39, 0.29) is 0 Å². The van der Waals surface area contributed by atoms with E-state index in [2.05, 4.69) is 16.7 Å². The summed E-state index contributed by atoms with van der Waals surface area (Å²) in [5, 5.41) is 7.97. The van der Waals surface area contributed by atoms with E-state index in [4.69, 9.17) is 11.6 Å². The topological polar surface area (TPSA) is 24.1 Å². The molecule has 1 aliphatic carbocycles. The van der Waals surface area contributed by atoms with Crippen molar-refractivity contribution < 1.29 is 0 Å². The third-order valence-electron chi connectivity index (χ3n) is 3.42. The molecule has 0 amide bonds. The zero-order chi connectivity index (χ0) is 11.0. The molecule has 0 radical (unpaired) electrons. The molecule has 1 atom stereocenters. The molecule has 1 aromatic carbocycles. The Labute approximate surface area is 101 Å².